The van der Waals surface area contributed by atoms with Gasteiger partial charge in [-0.05, 0) is 61.9 Å². The molecule has 0 amide bonds. The standard InChI is InChI=1S/C18H20O/c1-12-5-8-16(14(3)10-12)17-9-7-15-6-4-13(2)11-18(15)19-17/h4-6,8,10-11,17H,7,9H2,1-3H3. The maximum Gasteiger partial charge on any atom is 0.124 e. The molecule has 1 aliphatic rings. The molecule has 19 heavy (non-hydrogen) atoms. The van der Waals surface area contributed by atoms with Gasteiger partial charge in [0, 0.05) is 0 Å². The molecular formula is C18H20O. The lowest BCUT2D eigenvalue weighted by Crippen LogP contribution is -2.16. The maximum atomic E-state index is 6.22. The molecule has 0 spiro atoms. The molecule has 1 nitrogen and oxygen atoms in total. The Labute approximate surface area is 115 Å². The summed E-state index contributed by atoms with van der Waals surface area (Å²) in [4.78, 5) is 0. The van der Waals surface area contributed by atoms with Gasteiger partial charge in [0.1, 0.15) is 11.9 Å². The smallest absolute Gasteiger partial charge is 0.124 e. The Kier molecular flexibility index (Phi) is 3.06. The highest BCUT2D eigenvalue weighted by molar-refractivity contribution is 5.41. The van der Waals surface area contributed by atoms with Crippen LogP contribution in [-0.2, 0) is 6.42 Å². The molecule has 1 atom stereocenters. The molecule has 2 aromatic rings. The molecule has 0 saturated heterocycles. The molecule has 1 aliphatic heterocycles. The zero-order valence-electron chi connectivity index (χ0n) is 11.9. The van der Waals surface area contributed by atoms with Crippen molar-refractivity contribution in [3.63, 3.8) is 0 Å². The summed E-state index contributed by atoms with van der Waals surface area (Å²) in [5.41, 5.74) is 6.58. The van der Waals surface area contributed by atoms with Crippen LogP contribution in [0.25, 0.3) is 0 Å². The van der Waals surface area contributed by atoms with Crippen molar-refractivity contribution in [2.24, 2.45) is 0 Å². The Morgan fingerprint density at radius 2 is 1.68 bits per heavy atom. The zero-order valence-corrected chi connectivity index (χ0v) is 11.9. The van der Waals surface area contributed by atoms with Crippen molar-refractivity contribution in [1.82, 2.24) is 0 Å². The van der Waals surface area contributed by atoms with Gasteiger partial charge in [-0.2, -0.15) is 0 Å². The van der Waals surface area contributed by atoms with Crippen LogP contribution in [0.5, 0.6) is 5.75 Å². The lowest BCUT2D eigenvalue weighted by Gasteiger charge is -2.28. The summed E-state index contributed by atoms with van der Waals surface area (Å²) < 4.78 is 6.22. The van der Waals surface area contributed by atoms with Crippen molar-refractivity contribution in [2.75, 3.05) is 0 Å². The average molecular weight is 252 g/mol. The van der Waals surface area contributed by atoms with Gasteiger partial charge in [-0.25, -0.2) is 0 Å². The van der Waals surface area contributed by atoms with Crippen molar-refractivity contribution in [3.8, 4) is 5.75 Å². The zero-order chi connectivity index (χ0) is 13.4. The molecule has 0 N–H and O–H groups in total. The fraction of sp³-hybridized carbons (Fsp3) is 0.333. The van der Waals surface area contributed by atoms with Gasteiger partial charge < -0.3 is 4.74 Å². The fourth-order valence-electron chi connectivity index (χ4n) is 2.88. The van der Waals surface area contributed by atoms with Crippen molar-refractivity contribution >= 4 is 0 Å². The third-order valence-electron chi connectivity index (χ3n) is 3.94. The molecule has 2 aromatic carbocycles. The number of benzene rings is 2. The van der Waals surface area contributed by atoms with E-state index in [-0.39, 0.29) is 6.10 Å². The SMILES string of the molecule is Cc1ccc(C2CCc3ccc(C)cc3O2)c(C)c1. The van der Waals surface area contributed by atoms with Crippen LogP contribution in [0.3, 0.4) is 0 Å². The molecule has 0 aromatic heterocycles. The monoisotopic (exact) mass is 252 g/mol. The first-order chi connectivity index (χ1) is 9.13. The summed E-state index contributed by atoms with van der Waals surface area (Å²) in [6.07, 6.45) is 2.38. The highest BCUT2D eigenvalue weighted by atomic mass is 16.5. The molecule has 0 saturated carbocycles. The van der Waals surface area contributed by atoms with E-state index < -0.39 is 0 Å². The van der Waals surface area contributed by atoms with E-state index in [1.165, 1.54) is 27.8 Å². The first-order valence-electron chi connectivity index (χ1n) is 6.97. The summed E-state index contributed by atoms with van der Waals surface area (Å²) in [6, 6.07) is 13.2. The molecule has 0 fully saturated rings. The van der Waals surface area contributed by atoms with Gasteiger partial charge in [0.15, 0.2) is 0 Å². The van der Waals surface area contributed by atoms with Gasteiger partial charge >= 0.3 is 0 Å². The Morgan fingerprint density at radius 1 is 0.947 bits per heavy atom. The van der Waals surface area contributed by atoms with E-state index in [1.807, 2.05) is 0 Å². The number of ether oxygens (including phenoxy) is 1. The molecule has 0 aliphatic carbocycles. The van der Waals surface area contributed by atoms with Crippen LogP contribution in [0.15, 0.2) is 36.4 Å². The maximum absolute atomic E-state index is 6.22. The summed E-state index contributed by atoms with van der Waals surface area (Å²) in [5, 5.41) is 0. The van der Waals surface area contributed by atoms with E-state index in [9.17, 15) is 0 Å². The van der Waals surface area contributed by atoms with Gasteiger partial charge in [0.2, 0.25) is 0 Å². The van der Waals surface area contributed by atoms with E-state index in [0.717, 1.165) is 18.6 Å². The molecule has 1 unspecified atom stereocenters. The summed E-state index contributed by atoms with van der Waals surface area (Å²) >= 11 is 0. The number of rotatable bonds is 1. The lowest BCUT2D eigenvalue weighted by atomic mass is 9.93. The predicted octanol–water partition coefficient (Wildman–Crippen LogP) is 4.68. The van der Waals surface area contributed by atoms with Gasteiger partial charge in [0.25, 0.3) is 0 Å². The second kappa shape index (κ2) is 4.73. The van der Waals surface area contributed by atoms with Gasteiger partial charge in [-0.3, -0.25) is 0 Å². The lowest BCUT2D eigenvalue weighted by molar-refractivity contribution is 0.176. The highest BCUT2D eigenvalue weighted by Crippen LogP contribution is 2.36. The van der Waals surface area contributed by atoms with Gasteiger partial charge in [-0.15, -0.1) is 0 Å². The van der Waals surface area contributed by atoms with Crippen LogP contribution in [-0.4, -0.2) is 0 Å². The Hall–Kier alpha value is -1.76. The van der Waals surface area contributed by atoms with Crippen LogP contribution < -0.4 is 4.74 Å². The topological polar surface area (TPSA) is 9.23 Å². The number of fused-ring (bicyclic) bond motifs is 1. The van der Waals surface area contributed by atoms with E-state index in [2.05, 4.69) is 57.2 Å². The minimum Gasteiger partial charge on any atom is -0.485 e. The predicted molar refractivity (Wildman–Crippen MR) is 78.8 cm³/mol. The van der Waals surface area contributed by atoms with Gasteiger partial charge in [0.05, 0.1) is 0 Å². The van der Waals surface area contributed by atoms with Crippen molar-refractivity contribution in [1.29, 1.82) is 0 Å². The van der Waals surface area contributed by atoms with Crippen molar-refractivity contribution in [3.05, 3.63) is 64.2 Å². The fourth-order valence-corrected chi connectivity index (χ4v) is 2.88. The normalized spacial score (nSPS) is 17.7. The molecule has 1 heterocycles. The molecular weight excluding hydrogens is 232 g/mol. The summed E-state index contributed by atoms with van der Waals surface area (Å²) in [6.45, 7) is 6.43. The highest BCUT2D eigenvalue weighted by Gasteiger charge is 2.22. The van der Waals surface area contributed by atoms with E-state index >= 15 is 0 Å². The Balaban J connectivity index is 1.93. The third kappa shape index (κ3) is 2.37. The molecule has 0 radical (unpaired) electrons. The summed E-state index contributed by atoms with van der Waals surface area (Å²) in [5.74, 6) is 1.07. The van der Waals surface area contributed by atoms with Crippen LogP contribution >= 0.6 is 0 Å². The summed E-state index contributed by atoms with van der Waals surface area (Å²) in [7, 11) is 0. The molecule has 1 heteroatoms. The third-order valence-corrected chi connectivity index (χ3v) is 3.94. The van der Waals surface area contributed by atoms with Crippen LogP contribution in [0.2, 0.25) is 0 Å². The largest absolute Gasteiger partial charge is 0.485 e. The second-order valence-electron chi connectivity index (χ2n) is 5.62. The minimum atomic E-state index is 0.204. The average Bonchev–Trinajstić information content (AvgIpc) is 2.38. The number of hydrogen-bond acceptors (Lipinski definition) is 1. The number of aryl methyl sites for hydroxylation is 4. The molecule has 0 bridgehead atoms. The van der Waals surface area contributed by atoms with Gasteiger partial charge in [-0.1, -0.05) is 35.9 Å². The Bertz CT molecular complexity index is 613. The van der Waals surface area contributed by atoms with Crippen molar-refractivity contribution in [2.45, 2.75) is 39.7 Å². The second-order valence-corrected chi connectivity index (χ2v) is 5.62. The molecule has 3 rings (SSSR count). The van der Waals surface area contributed by atoms with E-state index in [1.54, 1.807) is 0 Å². The van der Waals surface area contributed by atoms with E-state index in [4.69, 9.17) is 4.74 Å². The first-order valence-corrected chi connectivity index (χ1v) is 6.97. The van der Waals surface area contributed by atoms with Crippen LogP contribution in [0, 0.1) is 20.8 Å². The van der Waals surface area contributed by atoms with E-state index in [0.29, 0.717) is 0 Å². The Morgan fingerprint density at radius 3 is 2.47 bits per heavy atom. The quantitative estimate of drug-likeness (QED) is 0.716. The number of hydrogen-bond donors (Lipinski definition) is 0. The van der Waals surface area contributed by atoms with Crippen LogP contribution in [0.1, 0.15) is 40.3 Å². The first kappa shape index (κ1) is 12.3. The minimum absolute atomic E-state index is 0.204. The van der Waals surface area contributed by atoms with Crippen LogP contribution in [0.4, 0.5) is 0 Å². The molecule has 98 valence electrons. The van der Waals surface area contributed by atoms with Crippen molar-refractivity contribution < 1.29 is 4.74 Å².